The van der Waals surface area contributed by atoms with Crippen LogP contribution in [0.15, 0.2) is 47.6 Å². The number of halogens is 1. The van der Waals surface area contributed by atoms with Crippen molar-refractivity contribution in [2.75, 3.05) is 33.0 Å². The lowest BCUT2D eigenvalue weighted by atomic mass is 9.96. The van der Waals surface area contributed by atoms with Crippen LogP contribution < -0.4 is 9.47 Å². The summed E-state index contributed by atoms with van der Waals surface area (Å²) >= 11 is 6.45. The van der Waals surface area contributed by atoms with E-state index in [-0.39, 0.29) is 37.2 Å². The first-order chi connectivity index (χ1) is 17.0. The molecule has 5 rings (SSSR count). The number of rotatable bonds is 6. The van der Waals surface area contributed by atoms with E-state index in [1.807, 2.05) is 49.4 Å². The van der Waals surface area contributed by atoms with E-state index in [0.717, 1.165) is 16.8 Å². The highest BCUT2D eigenvalue weighted by atomic mass is 35.5. The summed E-state index contributed by atoms with van der Waals surface area (Å²) in [7, 11) is 0. The Hall–Kier alpha value is -3.10. The third-order valence-electron chi connectivity index (χ3n) is 6.70. The smallest absolute Gasteiger partial charge is 0.309 e. The van der Waals surface area contributed by atoms with E-state index in [2.05, 4.69) is 4.90 Å². The van der Waals surface area contributed by atoms with E-state index in [9.17, 15) is 9.59 Å². The summed E-state index contributed by atoms with van der Waals surface area (Å²) in [6, 6.07) is 13.0. The zero-order valence-corrected chi connectivity index (χ0v) is 20.4. The van der Waals surface area contributed by atoms with E-state index in [1.54, 1.807) is 5.01 Å². The predicted molar refractivity (Wildman–Crippen MR) is 131 cm³/mol. The second-order valence-electron chi connectivity index (χ2n) is 8.90. The molecule has 0 radical (unpaired) electrons. The van der Waals surface area contributed by atoms with Crippen LogP contribution >= 0.6 is 11.6 Å². The van der Waals surface area contributed by atoms with Gasteiger partial charge in [-0.1, -0.05) is 35.9 Å². The first-order valence-corrected chi connectivity index (χ1v) is 12.3. The molecular weight excluding hydrogens is 470 g/mol. The molecule has 1 amide bonds. The number of esters is 1. The number of hydrogen-bond donors (Lipinski definition) is 0. The number of ether oxygens (including phenoxy) is 3. The molecule has 3 heterocycles. The Bertz CT molecular complexity index is 1150. The first-order valence-electron chi connectivity index (χ1n) is 12.0. The van der Waals surface area contributed by atoms with E-state index in [1.165, 1.54) is 0 Å². The van der Waals surface area contributed by atoms with E-state index in [4.69, 9.17) is 30.9 Å². The molecule has 3 aliphatic heterocycles. The van der Waals surface area contributed by atoms with Gasteiger partial charge in [0.25, 0.3) is 5.91 Å². The van der Waals surface area contributed by atoms with Gasteiger partial charge in [-0.25, -0.2) is 5.01 Å². The van der Waals surface area contributed by atoms with Crippen LogP contribution in [0.3, 0.4) is 0 Å². The Morgan fingerprint density at radius 2 is 1.89 bits per heavy atom. The van der Waals surface area contributed by atoms with Gasteiger partial charge in [-0.3, -0.25) is 14.5 Å². The summed E-state index contributed by atoms with van der Waals surface area (Å²) in [5.41, 5.74) is 2.52. The number of benzene rings is 2. The summed E-state index contributed by atoms with van der Waals surface area (Å²) in [6.45, 7) is 3.96. The van der Waals surface area contributed by atoms with Crippen LogP contribution in [0.1, 0.15) is 43.4 Å². The lowest BCUT2D eigenvalue weighted by Gasteiger charge is -2.32. The van der Waals surface area contributed by atoms with Crippen molar-refractivity contribution in [2.24, 2.45) is 11.0 Å². The van der Waals surface area contributed by atoms with Gasteiger partial charge in [-0.15, -0.1) is 0 Å². The van der Waals surface area contributed by atoms with Crippen molar-refractivity contribution in [3.63, 3.8) is 0 Å². The van der Waals surface area contributed by atoms with Crippen LogP contribution in [0.5, 0.6) is 11.5 Å². The molecule has 0 spiro atoms. The van der Waals surface area contributed by atoms with Crippen LogP contribution in [0, 0.1) is 5.92 Å². The molecule has 184 valence electrons. The Morgan fingerprint density at radius 1 is 1.11 bits per heavy atom. The molecule has 35 heavy (non-hydrogen) atoms. The van der Waals surface area contributed by atoms with Crippen LogP contribution in [0.4, 0.5) is 0 Å². The zero-order chi connectivity index (χ0) is 24.4. The number of amides is 1. The minimum absolute atomic E-state index is 0.0932. The standard InChI is InChI=1S/C26H28ClN3O5/c1-2-33-26(32)17-9-11-29(12-10-17)15-25(31)30-22(18-7-8-23-24(13-18)35-16-34-23)14-21(28-30)19-5-3-4-6-20(19)27/h3-8,13,17,22H,2,9-12,14-16H2,1H3. The number of likely N-dealkylation sites (tertiary alicyclic amines) is 1. The number of carbonyl (C=O) groups excluding carboxylic acids is 2. The van der Waals surface area contributed by atoms with Gasteiger partial charge >= 0.3 is 5.97 Å². The molecule has 1 atom stereocenters. The Labute approximate surface area is 209 Å². The Kier molecular flexibility index (Phi) is 6.92. The highest BCUT2D eigenvalue weighted by Crippen LogP contribution is 2.40. The molecule has 1 unspecified atom stereocenters. The fraction of sp³-hybridized carbons (Fsp3) is 0.423. The molecule has 1 fully saturated rings. The van der Waals surface area contributed by atoms with Gasteiger partial charge in [0.1, 0.15) is 0 Å². The fourth-order valence-corrected chi connectivity index (χ4v) is 5.07. The SMILES string of the molecule is CCOC(=O)C1CCN(CC(=O)N2N=C(c3ccccc3Cl)CC2c2ccc3c(c2)OCO3)CC1. The molecule has 9 heteroatoms. The number of hydrogen-bond acceptors (Lipinski definition) is 7. The molecule has 0 aliphatic carbocycles. The fourth-order valence-electron chi connectivity index (χ4n) is 4.83. The van der Waals surface area contributed by atoms with Gasteiger partial charge in [0, 0.05) is 17.0 Å². The second-order valence-corrected chi connectivity index (χ2v) is 9.31. The van der Waals surface area contributed by atoms with E-state index < -0.39 is 0 Å². The average Bonchev–Trinajstić information content (AvgIpc) is 3.52. The maximum absolute atomic E-state index is 13.5. The number of piperidine rings is 1. The van der Waals surface area contributed by atoms with Crippen molar-refractivity contribution in [3.05, 3.63) is 58.6 Å². The number of carbonyl (C=O) groups is 2. The summed E-state index contributed by atoms with van der Waals surface area (Å²) < 4.78 is 16.2. The summed E-state index contributed by atoms with van der Waals surface area (Å²) in [5.74, 6) is 1.03. The summed E-state index contributed by atoms with van der Waals surface area (Å²) in [4.78, 5) is 27.6. The highest BCUT2D eigenvalue weighted by molar-refractivity contribution is 6.34. The van der Waals surface area contributed by atoms with Gasteiger partial charge in [0.2, 0.25) is 6.79 Å². The maximum Gasteiger partial charge on any atom is 0.309 e. The van der Waals surface area contributed by atoms with E-state index in [0.29, 0.717) is 55.5 Å². The van der Waals surface area contributed by atoms with Gasteiger partial charge in [0.15, 0.2) is 11.5 Å². The molecule has 1 saturated heterocycles. The number of hydrazone groups is 1. The number of nitrogens with zero attached hydrogens (tertiary/aromatic N) is 3. The highest BCUT2D eigenvalue weighted by Gasteiger charge is 2.36. The normalized spacial score (nSPS) is 20.1. The quantitative estimate of drug-likeness (QED) is 0.561. The molecule has 0 saturated carbocycles. The minimum Gasteiger partial charge on any atom is -0.466 e. The Balaban J connectivity index is 1.34. The van der Waals surface area contributed by atoms with Gasteiger partial charge < -0.3 is 14.2 Å². The maximum atomic E-state index is 13.5. The molecule has 3 aliphatic rings. The lowest BCUT2D eigenvalue weighted by Crippen LogP contribution is -2.43. The second kappa shape index (κ2) is 10.3. The number of fused-ring (bicyclic) bond motifs is 1. The zero-order valence-electron chi connectivity index (χ0n) is 19.6. The van der Waals surface area contributed by atoms with Crippen molar-refractivity contribution >= 4 is 29.2 Å². The molecule has 2 aromatic rings. The first kappa shape index (κ1) is 23.6. The largest absolute Gasteiger partial charge is 0.466 e. The minimum atomic E-state index is -0.277. The van der Waals surface area contributed by atoms with Gasteiger partial charge in [-0.05, 0) is 56.6 Å². The molecule has 8 nitrogen and oxygen atoms in total. The lowest BCUT2D eigenvalue weighted by molar-refractivity contribution is -0.149. The van der Waals surface area contributed by atoms with Crippen molar-refractivity contribution in [3.8, 4) is 11.5 Å². The summed E-state index contributed by atoms with van der Waals surface area (Å²) in [5, 5.41) is 6.93. The Morgan fingerprint density at radius 3 is 2.66 bits per heavy atom. The van der Waals surface area contributed by atoms with Crippen molar-refractivity contribution < 1.29 is 23.8 Å². The molecule has 0 N–H and O–H groups in total. The van der Waals surface area contributed by atoms with Crippen LogP contribution in [0.2, 0.25) is 5.02 Å². The van der Waals surface area contributed by atoms with Crippen LogP contribution in [0.25, 0.3) is 0 Å². The van der Waals surface area contributed by atoms with Crippen molar-refractivity contribution in [1.82, 2.24) is 9.91 Å². The molecule has 2 aromatic carbocycles. The van der Waals surface area contributed by atoms with E-state index >= 15 is 0 Å². The van der Waals surface area contributed by atoms with Crippen LogP contribution in [-0.2, 0) is 14.3 Å². The van der Waals surface area contributed by atoms with Gasteiger partial charge in [0.05, 0.1) is 30.8 Å². The van der Waals surface area contributed by atoms with Gasteiger partial charge in [-0.2, -0.15) is 5.10 Å². The summed E-state index contributed by atoms with van der Waals surface area (Å²) in [6.07, 6.45) is 1.91. The monoisotopic (exact) mass is 497 g/mol. The van der Waals surface area contributed by atoms with Crippen molar-refractivity contribution in [1.29, 1.82) is 0 Å². The van der Waals surface area contributed by atoms with Crippen molar-refractivity contribution in [2.45, 2.75) is 32.2 Å². The molecular formula is C26H28ClN3O5. The third-order valence-corrected chi connectivity index (χ3v) is 7.03. The third kappa shape index (κ3) is 4.99. The molecule has 0 aromatic heterocycles. The van der Waals surface area contributed by atoms with Crippen LogP contribution in [-0.4, -0.2) is 60.5 Å². The average molecular weight is 498 g/mol. The predicted octanol–water partition coefficient (Wildman–Crippen LogP) is 4.02. The molecule has 0 bridgehead atoms. The topological polar surface area (TPSA) is 80.7 Å².